The van der Waals surface area contributed by atoms with Gasteiger partial charge < -0.3 is 10.1 Å². The molecule has 2 aromatic carbocycles. The molecule has 1 heterocycles. The molecule has 6 nitrogen and oxygen atoms in total. The molecule has 1 N–H and O–H groups in total. The zero-order chi connectivity index (χ0) is 16.8. The van der Waals surface area contributed by atoms with E-state index in [0.29, 0.717) is 17.8 Å². The maximum Gasteiger partial charge on any atom is 0.345 e. The lowest BCUT2D eigenvalue weighted by atomic mass is 10.2. The highest BCUT2D eigenvalue weighted by atomic mass is 35.5. The second-order valence-electron chi connectivity index (χ2n) is 5.65. The number of hydrogen-bond acceptors (Lipinski definition) is 5. The van der Waals surface area contributed by atoms with Gasteiger partial charge in [0.05, 0.1) is 5.69 Å². The zero-order valence-corrected chi connectivity index (χ0v) is 15.1. The van der Waals surface area contributed by atoms with Gasteiger partial charge in [-0.15, -0.1) is 12.4 Å². The molecular weight excluding hydrogens is 338 g/mol. The molecule has 0 saturated heterocycles. The summed E-state index contributed by atoms with van der Waals surface area (Å²) < 4.78 is 7.45. The maximum absolute atomic E-state index is 5.88. The van der Waals surface area contributed by atoms with Gasteiger partial charge in [-0.1, -0.05) is 42.4 Å². The maximum atomic E-state index is 5.88. The van der Waals surface area contributed by atoms with Gasteiger partial charge >= 0.3 is 6.01 Å². The fourth-order valence-corrected chi connectivity index (χ4v) is 2.23. The van der Waals surface area contributed by atoms with E-state index in [0.717, 1.165) is 24.2 Å². The highest BCUT2D eigenvalue weighted by molar-refractivity contribution is 5.85. The van der Waals surface area contributed by atoms with E-state index in [1.165, 1.54) is 0 Å². The number of nitrogens with zero attached hydrogens (tertiary/aromatic N) is 4. The summed E-state index contributed by atoms with van der Waals surface area (Å²) >= 11 is 0. The molecule has 0 amide bonds. The molecule has 0 bridgehead atoms. The summed E-state index contributed by atoms with van der Waals surface area (Å²) in [4.78, 5) is 0. The Morgan fingerprint density at radius 1 is 1.12 bits per heavy atom. The first kappa shape index (κ1) is 18.9. The van der Waals surface area contributed by atoms with Crippen LogP contribution >= 0.6 is 12.4 Å². The fraction of sp³-hybridized carbons (Fsp3) is 0.278. The summed E-state index contributed by atoms with van der Waals surface area (Å²) in [5, 5.41) is 15.1. The molecule has 0 radical (unpaired) electrons. The number of benzene rings is 2. The molecule has 1 aromatic heterocycles. The van der Waals surface area contributed by atoms with Crippen LogP contribution in [0.5, 0.6) is 11.8 Å². The Bertz CT molecular complexity index is 778. The topological polar surface area (TPSA) is 64.9 Å². The summed E-state index contributed by atoms with van der Waals surface area (Å²) in [6.45, 7) is 5.14. The second kappa shape index (κ2) is 9.15. The van der Waals surface area contributed by atoms with E-state index in [1.807, 2.05) is 48.5 Å². The van der Waals surface area contributed by atoms with Gasteiger partial charge in [0.1, 0.15) is 5.75 Å². The van der Waals surface area contributed by atoms with Crippen LogP contribution in [0.3, 0.4) is 0 Å². The number of nitrogens with one attached hydrogen (secondary N) is 1. The number of aromatic nitrogens is 4. The van der Waals surface area contributed by atoms with Gasteiger partial charge in [0.2, 0.25) is 0 Å². The minimum Gasteiger partial charge on any atom is -0.423 e. The van der Waals surface area contributed by atoms with Crippen LogP contribution in [0, 0.1) is 0 Å². The van der Waals surface area contributed by atoms with Crippen LogP contribution in [0.15, 0.2) is 54.6 Å². The van der Waals surface area contributed by atoms with Crippen molar-refractivity contribution < 1.29 is 4.74 Å². The molecule has 25 heavy (non-hydrogen) atoms. The number of para-hydroxylation sites is 1. The Labute approximate surface area is 153 Å². The molecule has 0 aliphatic carbocycles. The van der Waals surface area contributed by atoms with Crippen LogP contribution in [0.2, 0.25) is 0 Å². The predicted octanol–water partition coefficient (Wildman–Crippen LogP) is 3.76. The molecule has 0 spiro atoms. The molecule has 132 valence electrons. The van der Waals surface area contributed by atoms with E-state index in [4.69, 9.17) is 4.74 Å². The lowest BCUT2D eigenvalue weighted by Gasteiger charge is -2.12. The normalized spacial score (nSPS) is 11.6. The summed E-state index contributed by atoms with van der Waals surface area (Å²) in [5.74, 6) is 0.713. The van der Waals surface area contributed by atoms with Gasteiger partial charge in [-0.25, -0.2) is 0 Å². The van der Waals surface area contributed by atoms with Gasteiger partial charge in [0, 0.05) is 12.6 Å². The SMILES string of the molecule is CCC(C)NCc1cccc(Oc2nnnn2-c2ccccc2)c1.Cl. The largest absolute Gasteiger partial charge is 0.423 e. The van der Waals surface area contributed by atoms with E-state index in [1.54, 1.807) is 4.68 Å². The average molecular weight is 360 g/mol. The van der Waals surface area contributed by atoms with Crippen molar-refractivity contribution in [1.29, 1.82) is 0 Å². The number of halogens is 1. The Hall–Kier alpha value is -2.44. The third kappa shape index (κ3) is 5.01. The third-order valence-electron chi connectivity index (χ3n) is 3.82. The minimum atomic E-state index is 0. The minimum absolute atomic E-state index is 0. The van der Waals surface area contributed by atoms with Crippen molar-refractivity contribution in [3.8, 4) is 17.4 Å². The first-order valence-corrected chi connectivity index (χ1v) is 8.10. The van der Waals surface area contributed by atoms with E-state index >= 15 is 0 Å². The molecule has 0 saturated carbocycles. The highest BCUT2D eigenvalue weighted by Crippen LogP contribution is 2.22. The van der Waals surface area contributed by atoms with Gasteiger partial charge in [-0.3, -0.25) is 0 Å². The zero-order valence-electron chi connectivity index (χ0n) is 14.3. The quantitative estimate of drug-likeness (QED) is 0.695. The van der Waals surface area contributed by atoms with E-state index in [9.17, 15) is 0 Å². The van der Waals surface area contributed by atoms with Crippen molar-refractivity contribution in [2.45, 2.75) is 32.9 Å². The molecular formula is C18H22ClN5O. The molecule has 3 rings (SSSR count). The van der Waals surface area contributed by atoms with Gasteiger partial charge in [-0.2, -0.15) is 4.68 Å². The molecule has 1 atom stereocenters. The average Bonchev–Trinajstić information content (AvgIpc) is 3.09. The lowest BCUT2D eigenvalue weighted by Crippen LogP contribution is -2.24. The molecule has 0 aliphatic heterocycles. The summed E-state index contributed by atoms with van der Waals surface area (Å²) in [5.41, 5.74) is 2.01. The van der Waals surface area contributed by atoms with Crippen LogP contribution in [-0.4, -0.2) is 26.2 Å². The molecule has 3 aromatic rings. The van der Waals surface area contributed by atoms with Crippen molar-refractivity contribution >= 4 is 12.4 Å². The smallest absolute Gasteiger partial charge is 0.345 e. The van der Waals surface area contributed by atoms with Crippen molar-refractivity contribution in [3.63, 3.8) is 0 Å². The summed E-state index contributed by atoms with van der Waals surface area (Å²) in [6.07, 6.45) is 1.10. The van der Waals surface area contributed by atoms with Gasteiger partial charge in [0.15, 0.2) is 0 Å². The van der Waals surface area contributed by atoms with E-state index in [-0.39, 0.29) is 12.4 Å². The van der Waals surface area contributed by atoms with Crippen LogP contribution < -0.4 is 10.1 Å². The summed E-state index contributed by atoms with van der Waals surface area (Å²) in [7, 11) is 0. The molecule has 0 aliphatic rings. The summed E-state index contributed by atoms with van der Waals surface area (Å²) in [6, 6.07) is 18.4. The molecule has 7 heteroatoms. The van der Waals surface area contributed by atoms with Crippen LogP contribution in [0.25, 0.3) is 5.69 Å². The highest BCUT2D eigenvalue weighted by Gasteiger charge is 2.10. The first-order valence-electron chi connectivity index (χ1n) is 8.10. The Balaban J connectivity index is 0.00000225. The number of ether oxygens (including phenoxy) is 1. The lowest BCUT2D eigenvalue weighted by molar-refractivity contribution is 0.426. The van der Waals surface area contributed by atoms with E-state index < -0.39 is 0 Å². The van der Waals surface area contributed by atoms with Crippen molar-refractivity contribution in [2.75, 3.05) is 0 Å². The third-order valence-corrected chi connectivity index (χ3v) is 3.82. The number of hydrogen-bond donors (Lipinski definition) is 1. The standard InChI is InChI=1S/C18H21N5O.ClH/c1-3-14(2)19-13-15-8-7-11-17(12-15)24-18-20-21-22-23(18)16-9-5-4-6-10-16;/h4-12,14,19H,3,13H2,1-2H3;1H. The van der Waals surface area contributed by atoms with Crippen LogP contribution in [-0.2, 0) is 6.54 Å². The van der Waals surface area contributed by atoms with Crippen LogP contribution in [0.1, 0.15) is 25.8 Å². The first-order chi connectivity index (χ1) is 11.8. The Morgan fingerprint density at radius 2 is 1.92 bits per heavy atom. The van der Waals surface area contributed by atoms with E-state index in [2.05, 4.69) is 40.8 Å². The fourth-order valence-electron chi connectivity index (χ4n) is 2.23. The van der Waals surface area contributed by atoms with Crippen molar-refractivity contribution in [2.24, 2.45) is 0 Å². The number of rotatable bonds is 7. The molecule has 1 unspecified atom stereocenters. The number of tetrazole rings is 1. The van der Waals surface area contributed by atoms with Gasteiger partial charge in [0.25, 0.3) is 0 Å². The van der Waals surface area contributed by atoms with Gasteiger partial charge in [-0.05, 0) is 53.6 Å². The monoisotopic (exact) mass is 359 g/mol. The Morgan fingerprint density at radius 3 is 2.68 bits per heavy atom. The van der Waals surface area contributed by atoms with Crippen LogP contribution in [0.4, 0.5) is 0 Å². The second-order valence-corrected chi connectivity index (χ2v) is 5.65. The molecule has 0 fully saturated rings. The van der Waals surface area contributed by atoms with Crippen molar-refractivity contribution in [1.82, 2.24) is 25.5 Å². The Kier molecular flexibility index (Phi) is 6.91. The van der Waals surface area contributed by atoms with Crippen molar-refractivity contribution in [3.05, 3.63) is 60.2 Å². The predicted molar refractivity (Wildman–Crippen MR) is 99.5 cm³/mol.